The summed E-state index contributed by atoms with van der Waals surface area (Å²) in [4.78, 5) is 15.6. The van der Waals surface area contributed by atoms with Crippen LogP contribution in [0.4, 0.5) is 15.8 Å². The molecule has 2 aromatic rings. The van der Waals surface area contributed by atoms with Crippen LogP contribution in [0.3, 0.4) is 0 Å². The van der Waals surface area contributed by atoms with E-state index in [1.807, 2.05) is 0 Å². The monoisotopic (exact) mass is 246 g/mol. The highest BCUT2D eigenvalue weighted by molar-refractivity contribution is 6.07. The van der Waals surface area contributed by atoms with E-state index < -0.39 is 11.7 Å². The number of hydrogen-bond donors (Lipinski definition) is 3. The van der Waals surface area contributed by atoms with Crippen LogP contribution >= 0.6 is 0 Å². The molecule has 1 heterocycles. The number of hydrazine groups is 1. The van der Waals surface area contributed by atoms with Gasteiger partial charge in [0.15, 0.2) is 5.82 Å². The van der Waals surface area contributed by atoms with Crippen LogP contribution in [0, 0.1) is 5.82 Å². The lowest BCUT2D eigenvalue weighted by molar-refractivity contribution is 0.102. The van der Waals surface area contributed by atoms with E-state index in [0.29, 0.717) is 11.3 Å². The molecular formula is C12H11FN4O. The number of nitrogen functional groups attached to an aromatic ring is 1. The third-order valence-electron chi connectivity index (χ3n) is 2.35. The molecule has 0 saturated carbocycles. The van der Waals surface area contributed by atoms with Crippen molar-refractivity contribution >= 4 is 17.3 Å². The van der Waals surface area contributed by atoms with Gasteiger partial charge in [0.2, 0.25) is 0 Å². The molecule has 0 aliphatic carbocycles. The average Bonchev–Trinajstić information content (AvgIpc) is 2.41. The molecule has 0 atom stereocenters. The zero-order valence-corrected chi connectivity index (χ0v) is 9.35. The lowest BCUT2D eigenvalue weighted by atomic mass is 10.1. The topological polar surface area (TPSA) is 80.0 Å². The molecule has 0 unspecified atom stereocenters. The standard InChI is InChI=1S/C12H11FN4O/c13-9-7-15-6-5-11(9)16-12(18)8-3-1-2-4-10(8)17-14/h1-7,17H,14H2,(H,15,16,18). The van der Waals surface area contributed by atoms with Crippen molar-refractivity contribution in [2.45, 2.75) is 0 Å². The van der Waals surface area contributed by atoms with Crippen LogP contribution < -0.4 is 16.6 Å². The number of rotatable bonds is 3. The van der Waals surface area contributed by atoms with E-state index in [2.05, 4.69) is 15.7 Å². The van der Waals surface area contributed by atoms with Crippen molar-refractivity contribution in [3.8, 4) is 0 Å². The molecule has 0 fully saturated rings. The number of anilines is 2. The van der Waals surface area contributed by atoms with Crippen molar-refractivity contribution in [1.82, 2.24) is 4.98 Å². The van der Waals surface area contributed by atoms with Crippen LogP contribution in [0.25, 0.3) is 0 Å². The Morgan fingerprint density at radius 1 is 1.22 bits per heavy atom. The third kappa shape index (κ3) is 2.44. The van der Waals surface area contributed by atoms with E-state index in [4.69, 9.17) is 5.84 Å². The first-order chi connectivity index (χ1) is 8.72. The minimum atomic E-state index is -0.593. The fourth-order valence-electron chi connectivity index (χ4n) is 1.47. The summed E-state index contributed by atoms with van der Waals surface area (Å²) in [5.41, 5.74) is 3.27. The molecule has 1 amide bonds. The quantitative estimate of drug-likeness (QED) is 0.569. The zero-order valence-electron chi connectivity index (χ0n) is 9.35. The van der Waals surface area contributed by atoms with Crippen molar-refractivity contribution in [3.05, 3.63) is 54.1 Å². The van der Waals surface area contributed by atoms with Gasteiger partial charge in [-0.15, -0.1) is 0 Å². The Kier molecular flexibility index (Phi) is 3.49. The minimum Gasteiger partial charge on any atom is -0.323 e. The van der Waals surface area contributed by atoms with Crippen molar-refractivity contribution in [2.75, 3.05) is 10.7 Å². The SMILES string of the molecule is NNc1ccccc1C(=O)Nc1ccncc1F. The molecule has 0 radical (unpaired) electrons. The van der Waals surface area contributed by atoms with E-state index in [-0.39, 0.29) is 5.69 Å². The number of aromatic nitrogens is 1. The fraction of sp³-hybridized carbons (Fsp3) is 0. The predicted octanol–water partition coefficient (Wildman–Crippen LogP) is 1.76. The van der Waals surface area contributed by atoms with Gasteiger partial charge in [0, 0.05) is 6.20 Å². The number of pyridine rings is 1. The predicted molar refractivity (Wildman–Crippen MR) is 66.4 cm³/mol. The zero-order chi connectivity index (χ0) is 13.0. The summed E-state index contributed by atoms with van der Waals surface area (Å²) in [6.07, 6.45) is 2.43. The van der Waals surface area contributed by atoms with Gasteiger partial charge in [-0.1, -0.05) is 12.1 Å². The second-order valence-corrected chi connectivity index (χ2v) is 3.50. The summed E-state index contributed by atoms with van der Waals surface area (Å²) in [5.74, 6) is 4.25. The maximum Gasteiger partial charge on any atom is 0.257 e. The van der Waals surface area contributed by atoms with Crippen LogP contribution in [0.2, 0.25) is 0 Å². The van der Waals surface area contributed by atoms with E-state index in [9.17, 15) is 9.18 Å². The normalized spacial score (nSPS) is 9.89. The Morgan fingerprint density at radius 2 is 2.00 bits per heavy atom. The highest BCUT2D eigenvalue weighted by atomic mass is 19.1. The molecule has 18 heavy (non-hydrogen) atoms. The Balaban J connectivity index is 2.25. The molecule has 0 aliphatic rings. The summed E-state index contributed by atoms with van der Waals surface area (Å²) >= 11 is 0. The summed E-state index contributed by atoms with van der Waals surface area (Å²) in [6, 6.07) is 8.05. The maximum atomic E-state index is 13.3. The van der Waals surface area contributed by atoms with Gasteiger partial charge in [-0.2, -0.15) is 0 Å². The van der Waals surface area contributed by atoms with Crippen LogP contribution in [0.5, 0.6) is 0 Å². The summed E-state index contributed by atoms with van der Waals surface area (Å²) in [7, 11) is 0. The Hall–Kier alpha value is -2.47. The van der Waals surface area contributed by atoms with Crippen LogP contribution in [0.1, 0.15) is 10.4 Å². The molecular weight excluding hydrogens is 235 g/mol. The first-order valence-corrected chi connectivity index (χ1v) is 5.19. The van der Waals surface area contributed by atoms with Gasteiger partial charge in [0.1, 0.15) is 0 Å². The van der Waals surface area contributed by atoms with Crippen molar-refractivity contribution in [3.63, 3.8) is 0 Å². The average molecular weight is 246 g/mol. The highest BCUT2D eigenvalue weighted by Crippen LogP contribution is 2.17. The number of nitrogens with zero attached hydrogens (tertiary/aromatic N) is 1. The molecule has 1 aromatic heterocycles. The van der Waals surface area contributed by atoms with Gasteiger partial charge < -0.3 is 10.7 Å². The van der Waals surface area contributed by atoms with Crippen LogP contribution in [-0.2, 0) is 0 Å². The lowest BCUT2D eigenvalue weighted by Crippen LogP contribution is -2.17. The molecule has 0 bridgehead atoms. The molecule has 0 saturated heterocycles. The van der Waals surface area contributed by atoms with E-state index in [0.717, 1.165) is 6.20 Å². The van der Waals surface area contributed by atoms with Crippen molar-refractivity contribution in [2.24, 2.45) is 5.84 Å². The van der Waals surface area contributed by atoms with E-state index in [1.54, 1.807) is 24.3 Å². The largest absolute Gasteiger partial charge is 0.323 e. The Bertz CT molecular complexity index is 574. The van der Waals surface area contributed by atoms with Crippen molar-refractivity contribution in [1.29, 1.82) is 0 Å². The molecule has 1 aromatic carbocycles. The number of carbonyl (C=O) groups excluding carboxylic acids is 1. The minimum absolute atomic E-state index is 0.0711. The summed E-state index contributed by atoms with van der Waals surface area (Å²) in [5, 5.41) is 2.45. The number of para-hydroxylation sites is 1. The van der Waals surface area contributed by atoms with Crippen molar-refractivity contribution < 1.29 is 9.18 Å². The lowest BCUT2D eigenvalue weighted by Gasteiger charge is -2.09. The Morgan fingerprint density at radius 3 is 2.72 bits per heavy atom. The first-order valence-electron chi connectivity index (χ1n) is 5.19. The molecule has 2 rings (SSSR count). The molecule has 5 nitrogen and oxygen atoms in total. The molecule has 4 N–H and O–H groups in total. The van der Waals surface area contributed by atoms with Gasteiger partial charge in [0.05, 0.1) is 23.1 Å². The fourth-order valence-corrected chi connectivity index (χ4v) is 1.47. The van der Waals surface area contributed by atoms with Gasteiger partial charge >= 0.3 is 0 Å². The molecule has 92 valence electrons. The summed E-state index contributed by atoms with van der Waals surface area (Å²) < 4.78 is 13.3. The smallest absolute Gasteiger partial charge is 0.257 e. The highest BCUT2D eigenvalue weighted by Gasteiger charge is 2.12. The first kappa shape index (κ1) is 12.0. The number of hydrogen-bond acceptors (Lipinski definition) is 4. The van der Waals surface area contributed by atoms with Crippen LogP contribution in [0.15, 0.2) is 42.7 Å². The number of carbonyl (C=O) groups is 1. The number of benzene rings is 1. The molecule has 0 spiro atoms. The Labute approximate surface area is 103 Å². The number of amides is 1. The van der Waals surface area contributed by atoms with Gasteiger partial charge in [-0.25, -0.2) is 4.39 Å². The van der Waals surface area contributed by atoms with E-state index >= 15 is 0 Å². The van der Waals surface area contributed by atoms with Gasteiger partial charge in [0.25, 0.3) is 5.91 Å². The number of nitrogens with one attached hydrogen (secondary N) is 2. The van der Waals surface area contributed by atoms with Crippen LogP contribution in [-0.4, -0.2) is 10.9 Å². The molecule has 0 aliphatic heterocycles. The van der Waals surface area contributed by atoms with Gasteiger partial charge in [-0.05, 0) is 18.2 Å². The maximum absolute atomic E-state index is 13.3. The number of nitrogens with two attached hydrogens (primary N) is 1. The second kappa shape index (κ2) is 5.24. The number of halogens is 1. The second-order valence-electron chi connectivity index (χ2n) is 3.50. The van der Waals surface area contributed by atoms with Gasteiger partial charge in [-0.3, -0.25) is 15.6 Å². The third-order valence-corrected chi connectivity index (χ3v) is 2.35. The summed E-state index contributed by atoms with van der Waals surface area (Å²) in [6.45, 7) is 0. The molecule has 6 heteroatoms. The van der Waals surface area contributed by atoms with E-state index in [1.165, 1.54) is 12.3 Å².